The Bertz CT molecular complexity index is 313. The smallest absolute Gasteiger partial charge is 0.188 e. The SMILES string of the molecule is CC(CNCc1nnn(C)n1)S(C)=O. The predicted octanol–water partition coefficient (Wildman–Crippen LogP) is -0.933. The van der Waals surface area contributed by atoms with E-state index in [0.717, 1.165) is 0 Å². The number of nitrogens with one attached hydrogen (secondary N) is 1. The van der Waals surface area contributed by atoms with Gasteiger partial charge in [-0.15, -0.1) is 10.2 Å². The number of hydrogen-bond acceptors (Lipinski definition) is 5. The van der Waals surface area contributed by atoms with E-state index >= 15 is 0 Å². The van der Waals surface area contributed by atoms with Crippen LogP contribution in [0.4, 0.5) is 0 Å². The van der Waals surface area contributed by atoms with E-state index in [1.807, 2.05) is 6.92 Å². The van der Waals surface area contributed by atoms with E-state index < -0.39 is 10.8 Å². The zero-order chi connectivity index (χ0) is 10.6. The fourth-order valence-electron chi connectivity index (χ4n) is 0.899. The first-order valence-corrected chi connectivity index (χ1v) is 5.97. The van der Waals surface area contributed by atoms with Gasteiger partial charge < -0.3 is 5.32 Å². The average Bonchev–Trinajstić information content (AvgIpc) is 2.51. The molecule has 0 spiro atoms. The Morgan fingerprint density at radius 3 is 2.86 bits per heavy atom. The minimum Gasteiger partial charge on any atom is -0.309 e. The van der Waals surface area contributed by atoms with Gasteiger partial charge in [0.05, 0.1) is 13.6 Å². The summed E-state index contributed by atoms with van der Waals surface area (Å²) >= 11 is 0. The lowest BCUT2D eigenvalue weighted by atomic mass is 10.4. The molecule has 0 fully saturated rings. The molecule has 0 radical (unpaired) electrons. The lowest BCUT2D eigenvalue weighted by Crippen LogP contribution is -2.27. The van der Waals surface area contributed by atoms with Gasteiger partial charge in [0.25, 0.3) is 0 Å². The maximum atomic E-state index is 11.0. The molecule has 1 heterocycles. The minimum atomic E-state index is -0.787. The molecule has 1 aromatic rings. The summed E-state index contributed by atoms with van der Waals surface area (Å²) in [5.41, 5.74) is 0. The second kappa shape index (κ2) is 5.16. The zero-order valence-corrected chi connectivity index (χ0v) is 9.41. The molecule has 0 aliphatic heterocycles. The first kappa shape index (κ1) is 11.3. The summed E-state index contributed by atoms with van der Waals surface area (Å²) in [7, 11) is 0.935. The normalized spacial score (nSPS) is 15.4. The molecular weight excluding hydrogens is 202 g/mol. The summed E-state index contributed by atoms with van der Waals surface area (Å²) in [6.07, 6.45) is 1.70. The van der Waals surface area contributed by atoms with Crippen LogP contribution in [-0.4, -0.2) is 42.5 Å². The number of rotatable bonds is 5. The van der Waals surface area contributed by atoms with Crippen molar-refractivity contribution in [1.29, 1.82) is 0 Å². The van der Waals surface area contributed by atoms with Gasteiger partial charge in [-0.2, -0.15) is 4.80 Å². The highest BCUT2D eigenvalue weighted by Gasteiger charge is 2.06. The van der Waals surface area contributed by atoms with Gasteiger partial charge in [-0.3, -0.25) is 4.21 Å². The van der Waals surface area contributed by atoms with Crippen LogP contribution in [0, 0.1) is 0 Å². The minimum absolute atomic E-state index is 0.145. The summed E-state index contributed by atoms with van der Waals surface area (Å²) in [4.78, 5) is 1.42. The molecule has 0 aliphatic carbocycles. The molecule has 2 atom stereocenters. The molecule has 1 N–H and O–H groups in total. The predicted molar refractivity (Wildman–Crippen MR) is 54.0 cm³/mol. The summed E-state index contributed by atoms with van der Waals surface area (Å²) in [6.45, 7) is 3.20. The number of nitrogens with zero attached hydrogens (tertiary/aromatic N) is 4. The highest BCUT2D eigenvalue weighted by Crippen LogP contribution is 1.91. The van der Waals surface area contributed by atoms with E-state index in [1.54, 1.807) is 13.3 Å². The molecule has 0 saturated heterocycles. The van der Waals surface area contributed by atoms with Crippen LogP contribution in [0.25, 0.3) is 0 Å². The summed E-state index contributed by atoms with van der Waals surface area (Å²) in [6, 6.07) is 0. The Hall–Kier alpha value is -0.820. The van der Waals surface area contributed by atoms with Crippen molar-refractivity contribution in [3.63, 3.8) is 0 Å². The van der Waals surface area contributed by atoms with Gasteiger partial charge in [-0.1, -0.05) is 0 Å². The van der Waals surface area contributed by atoms with E-state index in [4.69, 9.17) is 0 Å². The van der Waals surface area contributed by atoms with Crippen molar-refractivity contribution in [1.82, 2.24) is 25.5 Å². The summed E-state index contributed by atoms with van der Waals surface area (Å²) in [5, 5.41) is 14.8. The van der Waals surface area contributed by atoms with Crippen LogP contribution in [0.5, 0.6) is 0 Å². The molecule has 0 amide bonds. The van der Waals surface area contributed by atoms with Gasteiger partial charge in [0.15, 0.2) is 5.82 Å². The molecular formula is C7H15N5OS. The van der Waals surface area contributed by atoms with E-state index in [0.29, 0.717) is 18.9 Å². The number of hydrogen-bond donors (Lipinski definition) is 1. The highest BCUT2D eigenvalue weighted by molar-refractivity contribution is 7.84. The van der Waals surface area contributed by atoms with Crippen molar-refractivity contribution in [2.45, 2.75) is 18.7 Å². The Labute approximate surface area is 85.5 Å². The molecule has 2 unspecified atom stereocenters. The van der Waals surface area contributed by atoms with Gasteiger partial charge in [0.1, 0.15) is 0 Å². The highest BCUT2D eigenvalue weighted by atomic mass is 32.2. The Kier molecular flexibility index (Phi) is 4.15. The van der Waals surface area contributed by atoms with Crippen LogP contribution < -0.4 is 5.32 Å². The van der Waals surface area contributed by atoms with E-state index in [1.165, 1.54) is 4.80 Å². The quantitative estimate of drug-likeness (QED) is 0.689. The van der Waals surface area contributed by atoms with Gasteiger partial charge >= 0.3 is 0 Å². The van der Waals surface area contributed by atoms with E-state index in [-0.39, 0.29) is 5.25 Å². The largest absolute Gasteiger partial charge is 0.309 e. The molecule has 6 nitrogen and oxygen atoms in total. The molecule has 0 saturated carbocycles. The number of tetrazole rings is 1. The standard InChI is InChI=1S/C7H15N5OS/c1-6(14(3)13)4-8-5-7-9-11-12(2)10-7/h6,8H,4-5H2,1-3H3. The van der Waals surface area contributed by atoms with Crippen LogP contribution >= 0.6 is 0 Å². The Balaban J connectivity index is 2.25. The maximum Gasteiger partial charge on any atom is 0.188 e. The van der Waals surface area contributed by atoms with Crippen LogP contribution in [0.1, 0.15) is 12.7 Å². The molecule has 0 aliphatic rings. The lowest BCUT2D eigenvalue weighted by molar-refractivity contribution is 0.615. The van der Waals surface area contributed by atoms with Crippen LogP contribution in [0.15, 0.2) is 0 Å². The average molecular weight is 217 g/mol. The molecule has 0 aromatic carbocycles. The lowest BCUT2D eigenvalue weighted by Gasteiger charge is -2.07. The van der Waals surface area contributed by atoms with Gasteiger partial charge in [0, 0.05) is 28.9 Å². The van der Waals surface area contributed by atoms with Crippen molar-refractivity contribution in [3.05, 3.63) is 5.82 Å². The molecule has 14 heavy (non-hydrogen) atoms. The molecule has 7 heteroatoms. The van der Waals surface area contributed by atoms with Crippen molar-refractivity contribution in [2.75, 3.05) is 12.8 Å². The second-order valence-electron chi connectivity index (χ2n) is 3.14. The fraction of sp³-hybridized carbons (Fsp3) is 0.857. The van der Waals surface area contributed by atoms with Crippen LogP contribution in [0.2, 0.25) is 0 Å². The first-order chi connectivity index (χ1) is 6.59. The van der Waals surface area contributed by atoms with Crippen molar-refractivity contribution in [3.8, 4) is 0 Å². The van der Waals surface area contributed by atoms with Gasteiger partial charge in [0.2, 0.25) is 0 Å². The van der Waals surface area contributed by atoms with Crippen LogP contribution in [-0.2, 0) is 24.4 Å². The maximum absolute atomic E-state index is 11.0. The monoisotopic (exact) mass is 217 g/mol. The van der Waals surface area contributed by atoms with E-state index in [2.05, 4.69) is 20.7 Å². The van der Waals surface area contributed by atoms with Gasteiger partial charge in [-0.25, -0.2) is 0 Å². The third-order valence-corrected chi connectivity index (χ3v) is 3.13. The molecule has 80 valence electrons. The molecule has 1 rings (SSSR count). The summed E-state index contributed by atoms with van der Waals surface area (Å²) in [5.74, 6) is 0.654. The van der Waals surface area contributed by atoms with Gasteiger partial charge in [-0.05, 0) is 12.1 Å². The van der Waals surface area contributed by atoms with E-state index in [9.17, 15) is 4.21 Å². The molecule has 1 aromatic heterocycles. The third kappa shape index (κ3) is 3.51. The summed E-state index contributed by atoms with van der Waals surface area (Å²) < 4.78 is 11.0. The van der Waals surface area contributed by atoms with Crippen LogP contribution in [0.3, 0.4) is 0 Å². The number of aromatic nitrogens is 4. The van der Waals surface area contributed by atoms with Crippen molar-refractivity contribution < 1.29 is 4.21 Å². The zero-order valence-electron chi connectivity index (χ0n) is 8.60. The van der Waals surface area contributed by atoms with Crippen molar-refractivity contribution >= 4 is 10.8 Å². The number of aryl methyl sites for hydroxylation is 1. The fourth-order valence-corrected chi connectivity index (χ4v) is 1.25. The third-order valence-electron chi connectivity index (χ3n) is 1.83. The second-order valence-corrected chi connectivity index (χ2v) is 4.94. The molecule has 0 bridgehead atoms. The first-order valence-electron chi connectivity index (χ1n) is 4.35. The Morgan fingerprint density at radius 2 is 2.36 bits per heavy atom. The topological polar surface area (TPSA) is 72.7 Å². The Morgan fingerprint density at radius 1 is 1.64 bits per heavy atom. The van der Waals surface area contributed by atoms with Crippen molar-refractivity contribution in [2.24, 2.45) is 7.05 Å².